The van der Waals surface area contributed by atoms with Gasteiger partial charge in [0.15, 0.2) is 12.4 Å². The minimum absolute atomic E-state index is 0.124. The number of aryl methyl sites for hydroxylation is 1. The maximum absolute atomic E-state index is 13.5. The van der Waals surface area contributed by atoms with Crippen LogP contribution in [0.25, 0.3) is 0 Å². The highest BCUT2D eigenvalue weighted by Crippen LogP contribution is 2.65. The summed E-state index contributed by atoms with van der Waals surface area (Å²) in [6.07, 6.45) is 17.5. The average molecular weight is 787 g/mol. The molecule has 5 aliphatic carbocycles. The molecule has 0 aliphatic heterocycles. The van der Waals surface area contributed by atoms with Crippen molar-refractivity contribution in [2.75, 3.05) is 13.2 Å². The molecule has 310 valence electrons. The molecule has 3 saturated carbocycles. The topological polar surface area (TPSA) is 168 Å². The number of hydrogen-bond donors (Lipinski definition) is 4. The maximum atomic E-state index is 13.5. The molecule has 0 saturated heterocycles. The van der Waals surface area contributed by atoms with E-state index in [1.54, 1.807) is 6.08 Å². The number of ether oxygens (including phenoxy) is 2. The van der Waals surface area contributed by atoms with E-state index >= 15 is 0 Å². The van der Waals surface area contributed by atoms with E-state index in [0.717, 1.165) is 31.2 Å². The molecule has 0 radical (unpaired) electrons. The fraction of sp³-hybridized carbons (Fsp3) is 0.617. The smallest absolute Gasteiger partial charge is 0.309 e. The molecular formula is C47H62O10. The zero-order valence-corrected chi connectivity index (χ0v) is 33.7. The number of rotatable bonds is 17. The Hall–Kier alpha value is -3.70. The lowest BCUT2D eigenvalue weighted by Crippen LogP contribution is -2.55. The lowest BCUT2D eigenvalue weighted by Gasteiger charge is -2.54. The molecule has 10 atom stereocenters. The number of aliphatic hydroxyl groups is 4. The first-order chi connectivity index (χ1) is 27.2. The van der Waals surface area contributed by atoms with Gasteiger partial charge in [-0.05, 0) is 100 Å². The van der Waals surface area contributed by atoms with Gasteiger partial charge in [0.05, 0.1) is 24.7 Å². The van der Waals surface area contributed by atoms with Crippen molar-refractivity contribution in [2.45, 2.75) is 134 Å². The highest BCUT2D eigenvalue weighted by molar-refractivity contribution is 5.92. The van der Waals surface area contributed by atoms with E-state index < -0.39 is 53.7 Å². The van der Waals surface area contributed by atoms with E-state index in [0.29, 0.717) is 51.4 Å². The Morgan fingerprint density at radius 2 is 1.74 bits per heavy atom. The summed E-state index contributed by atoms with van der Waals surface area (Å²) in [5.41, 5.74) is 1.30. The number of hydrogen-bond acceptors (Lipinski definition) is 10. The molecule has 0 amide bonds. The Morgan fingerprint density at radius 3 is 2.53 bits per heavy atom. The summed E-state index contributed by atoms with van der Waals surface area (Å²) in [7, 11) is 0. The van der Waals surface area contributed by atoms with Gasteiger partial charge in [-0.1, -0.05) is 85.7 Å². The van der Waals surface area contributed by atoms with Gasteiger partial charge < -0.3 is 29.9 Å². The van der Waals surface area contributed by atoms with E-state index in [2.05, 4.69) is 13.0 Å². The Kier molecular flexibility index (Phi) is 13.9. The molecule has 1 aromatic rings. The second kappa shape index (κ2) is 18.5. The lowest BCUT2D eigenvalue weighted by molar-refractivity contribution is -0.164. The Bertz CT molecular complexity index is 1740. The predicted molar refractivity (Wildman–Crippen MR) is 214 cm³/mol. The molecule has 0 unspecified atom stereocenters. The normalized spacial score (nSPS) is 34.0. The number of aliphatic hydroxyl groups excluding tert-OH is 3. The van der Waals surface area contributed by atoms with Crippen LogP contribution in [0, 0.1) is 34.5 Å². The maximum Gasteiger partial charge on any atom is 0.309 e. The summed E-state index contributed by atoms with van der Waals surface area (Å²) in [6.45, 7) is 3.53. The minimum atomic E-state index is -1.61. The van der Waals surface area contributed by atoms with E-state index in [-0.39, 0.29) is 60.7 Å². The molecule has 57 heavy (non-hydrogen) atoms. The molecule has 0 heterocycles. The van der Waals surface area contributed by atoms with Crippen LogP contribution in [0.3, 0.4) is 0 Å². The van der Waals surface area contributed by atoms with Crippen molar-refractivity contribution in [1.29, 1.82) is 0 Å². The van der Waals surface area contributed by atoms with Gasteiger partial charge in [0, 0.05) is 36.0 Å². The van der Waals surface area contributed by atoms with Crippen molar-refractivity contribution >= 4 is 23.5 Å². The first-order valence-corrected chi connectivity index (χ1v) is 21.2. The van der Waals surface area contributed by atoms with Crippen molar-refractivity contribution in [3.05, 3.63) is 83.5 Å². The van der Waals surface area contributed by atoms with Crippen LogP contribution in [-0.2, 0) is 35.1 Å². The van der Waals surface area contributed by atoms with Crippen LogP contribution in [0.2, 0.25) is 0 Å². The zero-order chi connectivity index (χ0) is 40.8. The molecule has 6 rings (SSSR count). The molecule has 10 heteroatoms. The summed E-state index contributed by atoms with van der Waals surface area (Å²) in [6, 6.07) is 9.95. The number of allylic oxidation sites excluding steroid dienone is 6. The van der Waals surface area contributed by atoms with Crippen molar-refractivity contribution in [3.63, 3.8) is 0 Å². The molecule has 10 nitrogen and oxygen atoms in total. The predicted octanol–water partition coefficient (Wildman–Crippen LogP) is 6.24. The quantitative estimate of drug-likeness (QED) is 0.0807. The number of carbonyl (C=O) groups excluding carboxylic acids is 4. The third kappa shape index (κ3) is 9.46. The summed E-state index contributed by atoms with van der Waals surface area (Å²) >= 11 is 0. The SMILES string of the molecule is C[C@]12CCC(=O)C=C1CC[C@@H]1C2=CC[C@@]2(C)[C@H]1CC[C@]2(O)C(=O)COC(=O)CCOC(=O)CCC/C=C\C[C@@H]1[C@@H](/C=C/[C@@H](O)CCc2ccccc2)[C@H](O)C[C@@H]1O. The number of fused-ring (bicyclic) bond motifs is 5. The number of unbranched alkanes of at least 4 members (excludes halogenated alkanes) is 1. The van der Waals surface area contributed by atoms with Crippen LogP contribution in [0.4, 0.5) is 0 Å². The van der Waals surface area contributed by atoms with Crippen LogP contribution in [0.1, 0.15) is 109 Å². The highest BCUT2D eigenvalue weighted by atomic mass is 16.6. The number of Topliss-reactive ketones (excluding diaryl/α,β-unsaturated/α-hetero) is 1. The molecule has 1 aromatic carbocycles. The van der Waals surface area contributed by atoms with Crippen LogP contribution in [0.5, 0.6) is 0 Å². The van der Waals surface area contributed by atoms with Crippen molar-refractivity contribution < 1.29 is 49.1 Å². The summed E-state index contributed by atoms with van der Waals surface area (Å²) in [4.78, 5) is 50.5. The number of ketones is 2. The molecule has 0 bridgehead atoms. The van der Waals surface area contributed by atoms with Crippen LogP contribution < -0.4 is 0 Å². The van der Waals surface area contributed by atoms with Crippen LogP contribution in [0.15, 0.2) is 77.9 Å². The monoisotopic (exact) mass is 786 g/mol. The van der Waals surface area contributed by atoms with Gasteiger partial charge in [-0.25, -0.2) is 0 Å². The fourth-order valence-corrected chi connectivity index (χ4v) is 10.7. The van der Waals surface area contributed by atoms with E-state index in [1.165, 1.54) is 11.1 Å². The Morgan fingerprint density at radius 1 is 0.965 bits per heavy atom. The largest absolute Gasteiger partial charge is 0.465 e. The number of esters is 2. The van der Waals surface area contributed by atoms with Gasteiger partial charge in [0.1, 0.15) is 12.2 Å². The van der Waals surface area contributed by atoms with Gasteiger partial charge in [-0.3, -0.25) is 19.2 Å². The highest BCUT2D eigenvalue weighted by Gasteiger charge is 2.64. The zero-order valence-electron chi connectivity index (χ0n) is 33.7. The van der Waals surface area contributed by atoms with Gasteiger partial charge >= 0.3 is 11.9 Å². The second-order valence-electron chi connectivity index (χ2n) is 17.6. The standard InChI is InChI=1S/C47H62O10/c1-45-24-20-34(49)28-32(45)15-18-37-38(45)21-25-46(2)39(37)22-26-47(46,55)42(52)30-57-44(54)23-27-56-43(53)13-9-4-3-8-12-35-36(41(51)29-40(35)50)19-17-33(48)16-14-31-10-6-5-7-11-31/h3,5-8,10-11,17,19,21,28,33,35-37,39-41,48,50-51,55H,4,9,12-16,18,20,22-27,29-30H2,1-2H3/b8-3-,19-17+/t33-,35+,36+,37+,39-,40-,41+,45-,46-,47-/m0/s1. The minimum Gasteiger partial charge on any atom is -0.465 e. The molecule has 0 spiro atoms. The molecular weight excluding hydrogens is 725 g/mol. The molecule has 5 aliphatic rings. The Labute approximate surface area is 337 Å². The van der Waals surface area contributed by atoms with Crippen molar-refractivity contribution in [2.24, 2.45) is 34.5 Å². The first-order valence-electron chi connectivity index (χ1n) is 21.2. The molecule has 3 fully saturated rings. The number of benzene rings is 1. The summed E-state index contributed by atoms with van der Waals surface area (Å²) < 4.78 is 10.5. The van der Waals surface area contributed by atoms with Crippen molar-refractivity contribution in [1.82, 2.24) is 0 Å². The van der Waals surface area contributed by atoms with E-state index in [1.807, 2.05) is 61.6 Å². The average Bonchev–Trinajstić information content (AvgIpc) is 3.63. The third-order valence-electron chi connectivity index (χ3n) is 14.3. The number of carbonyl (C=O) groups is 4. The van der Waals surface area contributed by atoms with E-state index in [9.17, 15) is 39.6 Å². The van der Waals surface area contributed by atoms with Crippen LogP contribution >= 0.6 is 0 Å². The van der Waals surface area contributed by atoms with E-state index in [4.69, 9.17) is 9.47 Å². The molecule has 0 aromatic heterocycles. The Balaban J connectivity index is 0.867. The van der Waals surface area contributed by atoms with Crippen molar-refractivity contribution in [3.8, 4) is 0 Å². The second-order valence-corrected chi connectivity index (χ2v) is 17.6. The van der Waals surface area contributed by atoms with Gasteiger partial charge in [0.25, 0.3) is 0 Å². The van der Waals surface area contributed by atoms with Gasteiger partial charge in [-0.15, -0.1) is 0 Å². The lowest BCUT2D eigenvalue weighted by atomic mass is 9.50. The van der Waals surface area contributed by atoms with Crippen LogP contribution in [-0.4, -0.2) is 81.1 Å². The van der Waals surface area contributed by atoms with Gasteiger partial charge in [0.2, 0.25) is 5.78 Å². The van der Waals surface area contributed by atoms with Gasteiger partial charge in [-0.2, -0.15) is 0 Å². The third-order valence-corrected chi connectivity index (χ3v) is 14.3. The summed E-state index contributed by atoms with van der Waals surface area (Å²) in [5, 5.41) is 43.5. The summed E-state index contributed by atoms with van der Waals surface area (Å²) in [5.74, 6) is -1.48. The first kappa shape index (κ1) is 42.9. The fourth-order valence-electron chi connectivity index (χ4n) is 10.7. The molecule has 4 N–H and O–H groups in total.